The molecular weight excluding hydrogens is 275 g/mol. The van der Waals surface area contributed by atoms with Crippen LogP contribution < -0.4 is 0 Å². The molecule has 7 atom stereocenters. The molecule has 6 saturated carbocycles. The van der Waals surface area contributed by atoms with Crippen molar-refractivity contribution in [1.29, 1.82) is 0 Å². The SMILES string of the molecule is C=CCB(C1C[C@@H]2C[C@H](C1)C2(C)C)[C@H]1C[C@H]2C[C@@H]([C@@H]1C)C2(C)C. The molecule has 0 nitrogen and oxygen atoms in total. The first-order chi connectivity index (χ1) is 10.8. The highest BCUT2D eigenvalue weighted by atomic mass is 14.6. The lowest BCUT2D eigenvalue weighted by molar-refractivity contribution is -0.101. The fourth-order valence-corrected chi connectivity index (χ4v) is 7.76. The molecule has 0 aliphatic heterocycles. The van der Waals surface area contributed by atoms with Gasteiger partial charge in [0.15, 0.2) is 6.71 Å². The van der Waals surface area contributed by atoms with Gasteiger partial charge in [0, 0.05) is 0 Å². The first kappa shape index (κ1) is 16.3. The van der Waals surface area contributed by atoms with Gasteiger partial charge in [-0.1, -0.05) is 77.9 Å². The van der Waals surface area contributed by atoms with Gasteiger partial charge in [-0.25, -0.2) is 0 Å². The molecule has 0 saturated heterocycles. The van der Waals surface area contributed by atoms with Crippen LogP contribution in [0, 0.1) is 40.4 Å². The Morgan fingerprint density at radius 1 is 0.913 bits per heavy atom. The minimum Gasteiger partial charge on any atom is -0.104 e. The van der Waals surface area contributed by atoms with Crippen molar-refractivity contribution < 1.29 is 0 Å². The minimum absolute atomic E-state index is 0.630. The first-order valence-electron chi connectivity index (χ1n) is 10.4. The van der Waals surface area contributed by atoms with Crippen molar-refractivity contribution >= 4 is 6.71 Å². The van der Waals surface area contributed by atoms with E-state index >= 15 is 0 Å². The Morgan fingerprint density at radius 3 is 2.00 bits per heavy atom. The minimum atomic E-state index is 0.630. The van der Waals surface area contributed by atoms with Crippen LogP contribution in [0.4, 0.5) is 0 Å². The fraction of sp³-hybridized carbons (Fsp3) is 0.909. The topological polar surface area (TPSA) is 0 Å². The van der Waals surface area contributed by atoms with E-state index in [1.54, 1.807) is 0 Å². The molecule has 0 aromatic rings. The van der Waals surface area contributed by atoms with Gasteiger partial charge < -0.3 is 0 Å². The molecule has 6 aliphatic carbocycles. The number of hydrogen-bond donors (Lipinski definition) is 0. The van der Waals surface area contributed by atoms with Crippen molar-refractivity contribution in [3.05, 3.63) is 12.7 Å². The van der Waals surface area contributed by atoms with Gasteiger partial charge in [0.05, 0.1) is 0 Å². The normalized spacial score (nSPS) is 48.8. The maximum atomic E-state index is 4.13. The lowest BCUT2D eigenvalue weighted by Gasteiger charge is -2.65. The maximum Gasteiger partial charge on any atom is 0.150 e. The highest BCUT2D eigenvalue weighted by molar-refractivity contribution is 6.62. The Bertz CT molecular complexity index is 476. The zero-order valence-corrected chi connectivity index (χ0v) is 16.1. The van der Waals surface area contributed by atoms with E-state index in [0.717, 1.165) is 47.9 Å². The fourth-order valence-electron chi connectivity index (χ4n) is 7.76. The summed E-state index contributed by atoms with van der Waals surface area (Å²) in [6, 6.07) is 0. The molecule has 0 heterocycles. The summed E-state index contributed by atoms with van der Waals surface area (Å²) in [5, 5.41) is 0. The largest absolute Gasteiger partial charge is 0.150 e. The van der Waals surface area contributed by atoms with Crippen LogP contribution in [0.2, 0.25) is 18.0 Å². The highest BCUT2D eigenvalue weighted by Gasteiger charge is 2.60. The average molecular weight is 312 g/mol. The zero-order valence-electron chi connectivity index (χ0n) is 16.1. The van der Waals surface area contributed by atoms with Crippen LogP contribution in [-0.4, -0.2) is 6.71 Å². The summed E-state index contributed by atoms with van der Waals surface area (Å²) < 4.78 is 0. The summed E-state index contributed by atoms with van der Waals surface area (Å²) in [6.45, 7) is 17.8. The van der Waals surface area contributed by atoms with Gasteiger partial charge in [-0.2, -0.15) is 0 Å². The third-order valence-electron chi connectivity index (χ3n) is 9.86. The van der Waals surface area contributed by atoms with Crippen molar-refractivity contribution in [3.63, 3.8) is 0 Å². The van der Waals surface area contributed by atoms with Crippen molar-refractivity contribution in [2.75, 3.05) is 0 Å². The summed E-state index contributed by atoms with van der Waals surface area (Å²) in [5.41, 5.74) is 1.28. The van der Waals surface area contributed by atoms with E-state index in [1.807, 2.05) is 0 Å². The Morgan fingerprint density at radius 2 is 1.52 bits per heavy atom. The molecule has 0 N–H and O–H groups in total. The van der Waals surface area contributed by atoms with E-state index in [0.29, 0.717) is 10.8 Å². The second-order valence-electron chi connectivity index (χ2n) is 11.0. The van der Waals surface area contributed by atoms with Gasteiger partial charge in [-0.3, -0.25) is 0 Å². The molecule has 6 aliphatic rings. The Balaban J connectivity index is 1.50. The monoisotopic (exact) mass is 312 g/mol. The van der Waals surface area contributed by atoms with Gasteiger partial charge in [0.2, 0.25) is 0 Å². The summed E-state index contributed by atoms with van der Waals surface area (Å²) in [4.78, 5) is 0. The van der Waals surface area contributed by atoms with Crippen LogP contribution in [0.3, 0.4) is 0 Å². The summed E-state index contributed by atoms with van der Waals surface area (Å²) in [7, 11) is 0. The van der Waals surface area contributed by atoms with Gasteiger partial charge in [-0.15, -0.1) is 6.58 Å². The predicted octanol–water partition coefficient (Wildman–Crippen LogP) is 6.57. The van der Waals surface area contributed by atoms with Crippen LogP contribution in [0.5, 0.6) is 0 Å². The standard InChI is InChI=1S/C22H37B/c1-7-8-23(18-10-15-9-16(11-18)21(15,3)4)20-13-17-12-19(14(20)2)22(17,5)6/h7,14-20H,1,8-13H2,2-6H3/t14-,15-,16+,17+,18?,19-,20-/m0/s1. The van der Waals surface area contributed by atoms with Gasteiger partial charge >= 0.3 is 0 Å². The quantitative estimate of drug-likeness (QED) is 0.407. The molecule has 4 bridgehead atoms. The average Bonchev–Trinajstić information content (AvgIpc) is 2.52. The molecule has 6 rings (SSSR count). The Labute approximate surface area is 145 Å². The van der Waals surface area contributed by atoms with Gasteiger partial charge in [0.25, 0.3) is 0 Å². The predicted molar refractivity (Wildman–Crippen MR) is 102 cm³/mol. The summed E-state index contributed by atoms with van der Waals surface area (Å²) in [5.74, 6) is 6.95. The smallest absolute Gasteiger partial charge is 0.104 e. The lowest BCUT2D eigenvalue weighted by atomic mass is 9.21. The molecule has 0 aromatic heterocycles. The lowest BCUT2D eigenvalue weighted by Crippen LogP contribution is -2.57. The van der Waals surface area contributed by atoms with Crippen molar-refractivity contribution in [3.8, 4) is 0 Å². The molecule has 0 spiro atoms. The van der Waals surface area contributed by atoms with Crippen molar-refractivity contribution in [1.82, 2.24) is 0 Å². The van der Waals surface area contributed by atoms with E-state index < -0.39 is 0 Å². The molecule has 0 radical (unpaired) electrons. The molecule has 1 heteroatoms. The van der Waals surface area contributed by atoms with E-state index in [1.165, 1.54) is 38.4 Å². The van der Waals surface area contributed by atoms with E-state index in [2.05, 4.69) is 47.3 Å². The van der Waals surface area contributed by atoms with Crippen LogP contribution in [0.25, 0.3) is 0 Å². The molecule has 0 aromatic carbocycles. The number of hydrogen-bond acceptors (Lipinski definition) is 0. The molecule has 0 amide bonds. The Kier molecular flexibility index (Phi) is 3.65. The third kappa shape index (κ3) is 2.17. The van der Waals surface area contributed by atoms with Crippen molar-refractivity contribution in [2.45, 2.75) is 84.7 Å². The Hall–Kier alpha value is -0.195. The highest BCUT2D eigenvalue weighted by Crippen LogP contribution is 2.68. The molecule has 23 heavy (non-hydrogen) atoms. The van der Waals surface area contributed by atoms with E-state index in [4.69, 9.17) is 0 Å². The van der Waals surface area contributed by atoms with Crippen LogP contribution >= 0.6 is 0 Å². The van der Waals surface area contributed by atoms with E-state index in [-0.39, 0.29) is 0 Å². The number of fused-ring (bicyclic) bond motifs is 4. The van der Waals surface area contributed by atoms with Crippen molar-refractivity contribution in [2.24, 2.45) is 40.4 Å². The van der Waals surface area contributed by atoms with Crippen LogP contribution in [0.15, 0.2) is 12.7 Å². The second kappa shape index (κ2) is 5.15. The summed E-state index contributed by atoms with van der Waals surface area (Å²) >= 11 is 0. The van der Waals surface area contributed by atoms with Gasteiger partial charge in [-0.05, 0) is 53.3 Å². The number of rotatable bonds is 4. The van der Waals surface area contributed by atoms with E-state index in [9.17, 15) is 0 Å². The number of allylic oxidation sites excluding steroid dienone is 1. The second-order valence-corrected chi connectivity index (χ2v) is 11.0. The van der Waals surface area contributed by atoms with Crippen LogP contribution in [0.1, 0.15) is 66.7 Å². The van der Waals surface area contributed by atoms with Crippen LogP contribution in [-0.2, 0) is 0 Å². The molecule has 1 unspecified atom stereocenters. The first-order valence-corrected chi connectivity index (χ1v) is 10.4. The third-order valence-corrected chi connectivity index (χ3v) is 9.86. The summed E-state index contributed by atoms with van der Waals surface area (Å²) in [6.07, 6.45) is 11.1. The maximum absolute atomic E-state index is 4.13. The molecule has 128 valence electrons. The molecule has 6 fully saturated rings. The zero-order chi connectivity index (χ0) is 16.6. The molecular formula is C22H37B. The van der Waals surface area contributed by atoms with Gasteiger partial charge in [0.1, 0.15) is 0 Å².